The number of benzene rings is 1. The number of aromatic nitrogens is 2. The lowest BCUT2D eigenvalue weighted by atomic mass is 10.1. The number of carbonyl (C=O) groups is 1. The van der Waals surface area contributed by atoms with Crippen molar-refractivity contribution in [2.45, 2.75) is 12.8 Å². The van der Waals surface area contributed by atoms with Gasteiger partial charge in [0.1, 0.15) is 17.0 Å². The van der Waals surface area contributed by atoms with Crippen LogP contribution in [-0.2, 0) is 4.79 Å². The predicted molar refractivity (Wildman–Crippen MR) is 88.2 cm³/mol. The zero-order chi connectivity index (χ0) is 15.4. The third kappa shape index (κ3) is 3.07. The Morgan fingerprint density at radius 1 is 1.23 bits per heavy atom. The first-order chi connectivity index (χ1) is 10.8. The third-order valence-electron chi connectivity index (χ3n) is 3.31. The summed E-state index contributed by atoms with van der Waals surface area (Å²) >= 11 is 1.58. The van der Waals surface area contributed by atoms with Crippen LogP contribution in [0.15, 0.2) is 42.0 Å². The number of hydrogen-bond acceptors (Lipinski definition) is 5. The molecule has 0 saturated heterocycles. The number of anilines is 1. The first-order valence-corrected chi connectivity index (χ1v) is 7.87. The summed E-state index contributed by atoms with van der Waals surface area (Å²) in [6.45, 7) is 0.572. The minimum Gasteiger partial charge on any atom is -0.481 e. The third-order valence-corrected chi connectivity index (χ3v) is 4.20. The maximum atomic E-state index is 10.6. The van der Waals surface area contributed by atoms with Gasteiger partial charge in [0, 0.05) is 23.9 Å². The molecule has 0 aliphatic carbocycles. The summed E-state index contributed by atoms with van der Waals surface area (Å²) in [5.41, 5.74) is 2.22. The van der Waals surface area contributed by atoms with Gasteiger partial charge in [-0.2, -0.15) is 0 Å². The maximum absolute atomic E-state index is 10.6. The van der Waals surface area contributed by atoms with Gasteiger partial charge in [-0.1, -0.05) is 30.3 Å². The molecule has 0 aliphatic heterocycles. The summed E-state index contributed by atoms with van der Waals surface area (Å²) in [5.74, 6) is -0.0226. The van der Waals surface area contributed by atoms with E-state index in [0.29, 0.717) is 13.0 Å². The van der Waals surface area contributed by atoms with Crippen LogP contribution in [0.25, 0.3) is 21.3 Å². The second kappa shape index (κ2) is 6.53. The van der Waals surface area contributed by atoms with Crippen LogP contribution in [-0.4, -0.2) is 27.6 Å². The summed E-state index contributed by atoms with van der Waals surface area (Å²) in [5, 5.41) is 15.0. The molecule has 0 amide bonds. The maximum Gasteiger partial charge on any atom is 0.303 e. The number of hydrogen-bond donors (Lipinski definition) is 2. The van der Waals surface area contributed by atoms with Crippen molar-refractivity contribution < 1.29 is 9.90 Å². The predicted octanol–water partition coefficient (Wildman–Crippen LogP) is 3.64. The van der Waals surface area contributed by atoms with Crippen molar-refractivity contribution in [2.75, 3.05) is 11.9 Å². The molecule has 22 heavy (non-hydrogen) atoms. The van der Waals surface area contributed by atoms with Gasteiger partial charge < -0.3 is 10.4 Å². The lowest BCUT2D eigenvalue weighted by molar-refractivity contribution is -0.137. The van der Waals surface area contributed by atoms with E-state index in [4.69, 9.17) is 5.11 Å². The normalized spacial score (nSPS) is 10.7. The zero-order valence-electron chi connectivity index (χ0n) is 11.8. The fourth-order valence-corrected chi connectivity index (χ4v) is 3.20. The Kier molecular flexibility index (Phi) is 4.29. The lowest BCUT2D eigenvalue weighted by Crippen LogP contribution is -2.06. The first-order valence-electron chi connectivity index (χ1n) is 6.99. The number of carboxylic acid groups (broad SMARTS) is 1. The van der Waals surface area contributed by atoms with Crippen molar-refractivity contribution >= 4 is 33.3 Å². The van der Waals surface area contributed by atoms with E-state index in [1.807, 2.05) is 18.2 Å². The van der Waals surface area contributed by atoms with Crippen LogP contribution in [0.5, 0.6) is 0 Å². The number of aliphatic carboxylic acids is 1. The molecule has 0 atom stereocenters. The number of carboxylic acids is 1. The monoisotopic (exact) mass is 313 g/mol. The van der Waals surface area contributed by atoms with Crippen LogP contribution in [0.1, 0.15) is 12.8 Å². The Labute approximate surface area is 131 Å². The number of thiophene rings is 1. The van der Waals surface area contributed by atoms with E-state index in [-0.39, 0.29) is 6.42 Å². The summed E-state index contributed by atoms with van der Waals surface area (Å²) in [6, 6.07) is 10.1. The molecule has 0 radical (unpaired) electrons. The second-order valence-electron chi connectivity index (χ2n) is 4.84. The quantitative estimate of drug-likeness (QED) is 0.680. The molecule has 0 fully saturated rings. The molecular formula is C16H15N3O2S. The summed E-state index contributed by atoms with van der Waals surface area (Å²) < 4.78 is 0. The van der Waals surface area contributed by atoms with Gasteiger partial charge in [0.05, 0.1) is 5.39 Å². The fraction of sp³-hybridized carbons (Fsp3) is 0.188. The summed E-state index contributed by atoms with van der Waals surface area (Å²) in [4.78, 5) is 20.1. The van der Waals surface area contributed by atoms with Gasteiger partial charge >= 0.3 is 5.97 Å². The van der Waals surface area contributed by atoms with Gasteiger partial charge in [-0.15, -0.1) is 11.3 Å². The SMILES string of the molecule is O=C(O)CCCNc1ncnc2scc(-c3ccccc3)c12. The summed E-state index contributed by atoms with van der Waals surface area (Å²) in [7, 11) is 0. The smallest absolute Gasteiger partial charge is 0.303 e. The molecule has 0 saturated carbocycles. The van der Waals surface area contributed by atoms with Crippen molar-refractivity contribution in [3.05, 3.63) is 42.0 Å². The molecule has 2 N–H and O–H groups in total. The van der Waals surface area contributed by atoms with E-state index in [9.17, 15) is 4.79 Å². The Morgan fingerprint density at radius 3 is 2.82 bits per heavy atom. The van der Waals surface area contributed by atoms with Gasteiger partial charge in [-0.3, -0.25) is 4.79 Å². The van der Waals surface area contributed by atoms with Crippen molar-refractivity contribution in [3.8, 4) is 11.1 Å². The average Bonchev–Trinajstić information content (AvgIpc) is 2.97. The van der Waals surface area contributed by atoms with E-state index < -0.39 is 5.97 Å². The molecule has 3 aromatic rings. The molecule has 0 spiro atoms. The van der Waals surface area contributed by atoms with Crippen LogP contribution >= 0.6 is 11.3 Å². The zero-order valence-corrected chi connectivity index (χ0v) is 12.6. The Morgan fingerprint density at radius 2 is 2.05 bits per heavy atom. The van der Waals surface area contributed by atoms with Crippen LogP contribution in [0, 0.1) is 0 Å². The standard InChI is InChI=1S/C16H15N3O2S/c20-13(21)7-4-8-17-15-14-12(11-5-2-1-3-6-11)9-22-16(14)19-10-18-15/h1-3,5-6,9-10H,4,7-8H2,(H,20,21)(H,17,18,19). The van der Waals surface area contributed by atoms with Crippen molar-refractivity contribution in [1.82, 2.24) is 9.97 Å². The van der Waals surface area contributed by atoms with Crippen LogP contribution in [0.4, 0.5) is 5.82 Å². The molecular weight excluding hydrogens is 298 g/mol. The highest BCUT2D eigenvalue weighted by atomic mass is 32.1. The van der Waals surface area contributed by atoms with Crippen LogP contribution < -0.4 is 5.32 Å². The van der Waals surface area contributed by atoms with Crippen molar-refractivity contribution in [1.29, 1.82) is 0 Å². The Hall–Kier alpha value is -2.47. The molecule has 5 nitrogen and oxygen atoms in total. The minimum atomic E-state index is -0.782. The summed E-state index contributed by atoms with van der Waals surface area (Å²) in [6.07, 6.45) is 2.25. The van der Waals surface area contributed by atoms with Gasteiger partial charge in [-0.25, -0.2) is 9.97 Å². The molecule has 2 heterocycles. The highest BCUT2D eigenvalue weighted by Gasteiger charge is 2.12. The Bertz CT molecular complexity index is 786. The highest BCUT2D eigenvalue weighted by molar-refractivity contribution is 7.17. The molecule has 1 aromatic carbocycles. The fourth-order valence-electron chi connectivity index (χ4n) is 2.29. The van der Waals surface area contributed by atoms with E-state index in [0.717, 1.165) is 27.2 Å². The molecule has 0 aliphatic rings. The highest BCUT2D eigenvalue weighted by Crippen LogP contribution is 2.36. The number of rotatable bonds is 6. The largest absolute Gasteiger partial charge is 0.481 e. The van der Waals surface area contributed by atoms with Crippen molar-refractivity contribution in [2.24, 2.45) is 0 Å². The first kappa shape index (κ1) is 14.5. The van der Waals surface area contributed by atoms with Crippen LogP contribution in [0.3, 0.4) is 0 Å². The van der Waals surface area contributed by atoms with Crippen molar-refractivity contribution in [3.63, 3.8) is 0 Å². The van der Waals surface area contributed by atoms with Crippen LogP contribution in [0.2, 0.25) is 0 Å². The molecule has 112 valence electrons. The van der Waals surface area contributed by atoms with Gasteiger partial charge in [-0.05, 0) is 12.0 Å². The molecule has 3 rings (SSSR count). The number of nitrogens with zero attached hydrogens (tertiary/aromatic N) is 2. The van der Waals surface area contributed by atoms with E-state index in [2.05, 4.69) is 32.8 Å². The van der Waals surface area contributed by atoms with E-state index in [1.54, 1.807) is 11.3 Å². The Balaban J connectivity index is 1.90. The lowest BCUT2D eigenvalue weighted by Gasteiger charge is -2.07. The van der Waals surface area contributed by atoms with Gasteiger partial charge in [0.2, 0.25) is 0 Å². The average molecular weight is 313 g/mol. The topological polar surface area (TPSA) is 75.1 Å². The van der Waals surface area contributed by atoms with E-state index >= 15 is 0 Å². The van der Waals surface area contributed by atoms with Gasteiger partial charge in [0.25, 0.3) is 0 Å². The molecule has 0 unspecified atom stereocenters. The number of fused-ring (bicyclic) bond motifs is 1. The minimum absolute atomic E-state index is 0.149. The molecule has 0 bridgehead atoms. The van der Waals surface area contributed by atoms with E-state index in [1.165, 1.54) is 6.33 Å². The second-order valence-corrected chi connectivity index (χ2v) is 5.70. The van der Waals surface area contributed by atoms with Gasteiger partial charge in [0.15, 0.2) is 0 Å². The number of nitrogens with one attached hydrogen (secondary N) is 1. The molecule has 6 heteroatoms. The molecule has 2 aromatic heterocycles.